The average Bonchev–Trinajstić information content (AvgIpc) is 2.67. The zero-order chi connectivity index (χ0) is 18.6. The normalized spacial score (nSPS) is 15.6. The highest BCUT2D eigenvalue weighted by atomic mass is 35.5. The first kappa shape index (κ1) is 18.8. The van der Waals surface area contributed by atoms with Crippen LogP contribution in [0.2, 0.25) is 5.02 Å². The topological polar surface area (TPSA) is 75.7 Å². The summed E-state index contributed by atoms with van der Waals surface area (Å²) in [7, 11) is -3.51. The summed E-state index contributed by atoms with van der Waals surface area (Å²) in [5.74, 6) is -0.238. The Morgan fingerprint density at radius 3 is 2.46 bits per heavy atom. The van der Waals surface area contributed by atoms with Crippen molar-refractivity contribution in [3.05, 3.63) is 64.7 Å². The standard InChI is InChI=1S/C18H19ClN2O4S/c19-16-3-1-2-15(12-16)18(22)20-13-14-4-6-17(7-5-14)26(23,24)21-8-10-25-11-9-21/h1-7,12H,8-11,13H2,(H,20,22). The van der Waals surface area contributed by atoms with E-state index in [4.69, 9.17) is 16.3 Å². The van der Waals surface area contributed by atoms with E-state index in [9.17, 15) is 13.2 Å². The van der Waals surface area contributed by atoms with Gasteiger partial charge in [-0.15, -0.1) is 0 Å². The molecule has 1 heterocycles. The monoisotopic (exact) mass is 394 g/mol. The lowest BCUT2D eigenvalue weighted by Crippen LogP contribution is -2.40. The van der Waals surface area contributed by atoms with Crippen LogP contribution in [0.15, 0.2) is 53.4 Å². The molecule has 1 fully saturated rings. The Morgan fingerprint density at radius 2 is 1.81 bits per heavy atom. The molecule has 0 unspecified atom stereocenters. The van der Waals surface area contributed by atoms with E-state index in [-0.39, 0.29) is 10.8 Å². The van der Waals surface area contributed by atoms with Gasteiger partial charge in [0.15, 0.2) is 0 Å². The van der Waals surface area contributed by atoms with E-state index in [1.807, 2.05) is 0 Å². The van der Waals surface area contributed by atoms with Crippen LogP contribution in [-0.2, 0) is 21.3 Å². The zero-order valence-corrected chi connectivity index (χ0v) is 15.6. The fourth-order valence-corrected chi connectivity index (χ4v) is 4.23. The molecule has 1 amide bonds. The summed E-state index contributed by atoms with van der Waals surface area (Å²) in [4.78, 5) is 12.4. The third-order valence-electron chi connectivity index (χ3n) is 4.07. The molecule has 1 N–H and O–H groups in total. The van der Waals surface area contributed by atoms with Gasteiger partial charge in [-0.05, 0) is 35.9 Å². The number of hydrogen-bond acceptors (Lipinski definition) is 4. The maximum Gasteiger partial charge on any atom is 0.251 e. The van der Waals surface area contributed by atoms with Gasteiger partial charge in [0.25, 0.3) is 5.91 Å². The van der Waals surface area contributed by atoms with Gasteiger partial charge in [-0.3, -0.25) is 4.79 Å². The first-order valence-corrected chi connectivity index (χ1v) is 9.99. The molecule has 3 rings (SSSR count). The third kappa shape index (κ3) is 4.42. The second-order valence-electron chi connectivity index (χ2n) is 5.85. The fourth-order valence-electron chi connectivity index (χ4n) is 2.63. The number of nitrogens with zero attached hydrogens (tertiary/aromatic N) is 1. The van der Waals surface area contributed by atoms with Crippen LogP contribution >= 0.6 is 11.6 Å². The predicted molar refractivity (Wildman–Crippen MR) is 98.6 cm³/mol. The lowest BCUT2D eigenvalue weighted by atomic mass is 10.2. The summed E-state index contributed by atoms with van der Waals surface area (Å²) < 4.78 is 31.8. The number of sulfonamides is 1. The predicted octanol–water partition coefficient (Wildman–Crippen LogP) is 2.29. The smallest absolute Gasteiger partial charge is 0.251 e. The first-order valence-electron chi connectivity index (χ1n) is 8.17. The van der Waals surface area contributed by atoms with Crippen LogP contribution in [0.5, 0.6) is 0 Å². The van der Waals surface area contributed by atoms with Crippen molar-refractivity contribution in [3.8, 4) is 0 Å². The molecule has 0 saturated carbocycles. The van der Waals surface area contributed by atoms with Crippen molar-refractivity contribution in [2.24, 2.45) is 0 Å². The number of morpholine rings is 1. The number of benzene rings is 2. The van der Waals surface area contributed by atoms with Crippen molar-refractivity contribution in [3.63, 3.8) is 0 Å². The molecule has 0 bridgehead atoms. The minimum atomic E-state index is -3.51. The molecule has 2 aromatic rings. The molecule has 0 spiro atoms. The van der Waals surface area contributed by atoms with Crippen molar-refractivity contribution >= 4 is 27.5 Å². The van der Waals surface area contributed by atoms with Crippen LogP contribution in [0.4, 0.5) is 0 Å². The van der Waals surface area contributed by atoms with E-state index in [0.717, 1.165) is 5.56 Å². The molecule has 1 aliphatic heterocycles. The van der Waals surface area contributed by atoms with E-state index in [0.29, 0.717) is 43.4 Å². The van der Waals surface area contributed by atoms with Crippen LogP contribution in [-0.4, -0.2) is 44.9 Å². The Labute approximate surface area is 157 Å². The molecular formula is C18H19ClN2O4S. The van der Waals surface area contributed by atoms with Gasteiger partial charge in [-0.25, -0.2) is 8.42 Å². The summed E-state index contributed by atoms with van der Waals surface area (Å²) in [6.07, 6.45) is 0. The van der Waals surface area contributed by atoms with E-state index < -0.39 is 10.0 Å². The van der Waals surface area contributed by atoms with E-state index in [1.165, 1.54) is 4.31 Å². The third-order valence-corrected chi connectivity index (χ3v) is 6.22. The second-order valence-corrected chi connectivity index (χ2v) is 8.23. The van der Waals surface area contributed by atoms with Crippen molar-refractivity contribution < 1.29 is 17.9 Å². The summed E-state index contributed by atoms with van der Waals surface area (Å²) in [5, 5.41) is 3.29. The number of hydrogen-bond donors (Lipinski definition) is 1. The van der Waals surface area contributed by atoms with Gasteiger partial charge in [0, 0.05) is 30.2 Å². The molecule has 0 radical (unpaired) electrons. The Kier molecular flexibility index (Phi) is 5.93. The number of rotatable bonds is 5. The van der Waals surface area contributed by atoms with Crippen molar-refractivity contribution in [2.45, 2.75) is 11.4 Å². The molecule has 0 atom stereocenters. The molecule has 26 heavy (non-hydrogen) atoms. The minimum Gasteiger partial charge on any atom is -0.379 e. The Hall–Kier alpha value is -1.93. The van der Waals surface area contributed by atoms with Crippen LogP contribution < -0.4 is 5.32 Å². The van der Waals surface area contributed by atoms with Gasteiger partial charge in [-0.2, -0.15) is 4.31 Å². The van der Waals surface area contributed by atoms with Crippen LogP contribution in [0, 0.1) is 0 Å². The number of carbonyl (C=O) groups excluding carboxylic acids is 1. The molecular weight excluding hydrogens is 376 g/mol. The zero-order valence-electron chi connectivity index (χ0n) is 14.0. The maximum atomic E-state index is 12.6. The molecule has 0 aromatic heterocycles. The highest BCUT2D eigenvalue weighted by molar-refractivity contribution is 7.89. The van der Waals surface area contributed by atoms with Gasteiger partial charge in [-0.1, -0.05) is 29.8 Å². The number of halogens is 1. The quantitative estimate of drug-likeness (QED) is 0.844. The SMILES string of the molecule is O=C(NCc1ccc(S(=O)(=O)N2CCOCC2)cc1)c1cccc(Cl)c1. The van der Waals surface area contributed by atoms with Crippen molar-refractivity contribution in [1.82, 2.24) is 9.62 Å². The maximum absolute atomic E-state index is 12.6. The number of carbonyl (C=O) groups is 1. The molecule has 6 nitrogen and oxygen atoms in total. The summed E-state index contributed by atoms with van der Waals surface area (Å²) in [6, 6.07) is 13.2. The van der Waals surface area contributed by atoms with E-state index in [2.05, 4.69) is 5.32 Å². The Bertz CT molecular complexity index is 878. The fraction of sp³-hybridized carbons (Fsp3) is 0.278. The molecule has 1 saturated heterocycles. The van der Waals surface area contributed by atoms with Crippen LogP contribution in [0.1, 0.15) is 15.9 Å². The molecule has 2 aromatic carbocycles. The van der Waals surface area contributed by atoms with Gasteiger partial charge < -0.3 is 10.1 Å². The van der Waals surface area contributed by atoms with Gasteiger partial charge >= 0.3 is 0 Å². The number of nitrogens with one attached hydrogen (secondary N) is 1. The van der Waals surface area contributed by atoms with Crippen molar-refractivity contribution in [2.75, 3.05) is 26.3 Å². The number of ether oxygens (including phenoxy) is 1. The summed E-state index contributed by atoms with van der Waals surface area (Å²) in [5.41, 5.74) is 1.28. The minimum absolute atomic E-state index is 0.238. The lowest BCUT2D eigenvalue weighted by Gasteiger charge is -2.26. The molecule has 1 aliphatic rings. The average molecular weight is 395 g/mol. The molecule has 8 heteroatoms. The molecule has 138 valence electrons. The van der Waals surface area contributed by atoms with Gasteiger partial charge in [0.05, 0.1) is 18.1 Å². The lowest BCUT2D eigenvalue weighted by molar-refractivity contribution is 0.0730. The Balaban J connectivity index is 1.63. The van der Waals surface area contributed by atoms with E-state index >= 15 is 0 Å². The van der Waals surface area contributed by atoms with E-state index in [1.54, 1.807) is 48.5 Å². The first-order chi connectivity index (χ1) is 12.5. The number of amides is 1. The highest BCUT2D eigenvalue weighted by Crippen LogP contribution is 2.18. The van der Waals surface area contributed by atoms with Crippen LogP contribution in [0.3, 0.4) is 0 Å². The highest BCUT2D eigenvalue weighted by Gasteiger charge is 2.26. The summed E-state index contributed by atoms with van der Waals surface area (Å²) >= 11 is 5.88. The van der Waals surface area contributed by atoms with Crippen molar-refractivity contribution in [1.29, 1.82) is 0 Å². The second kappa shape index (κ2) is 8.18. The van der Waals surface area contributed by atoms with Crippen LogP contribution in [0.25, 0.3) is 0 Å². The molecule has 0 aliphatic carbocycles. The largest absolute Gasteiger partial charge is 0.379 e. The van der Waals surface area contributed by atoms with Gasteiger partial charge in [0.1, 0.15) is 0 Å². The summed E-state index contributed by atoms with van der Waals surface area (Å²) in [6.45, 7) is 1.84. The van der Waals surface area contributed by atoms with Gasteiger partial charge in [0.2, 0.25) is 10.0 Å². The Morgan fingerprint density at radius 1 is 1.12 bits per heavy atom.